The second-order valence-corrected chi connectivity index (χ2v) is 6.74. The van der Waals surface area contributed by atoms with Gasteiger partial charge in [-0.25, -0.2) is 4.79 Å². The number of hydrogen-bond acceptors (Lipinski definition) is 4. The summed E-state index contributed by atoms with van der Waals surface area (Å²) in [7, 11) is 1.50. The van der Waals surface area contributed by atoms with E-state index in [1.807, 2.05) is 24.3 Å². The monoisotopic (exact) mass is 436 g/mol. The molecule has 6 nitrogen and oxygen atoms in total. The van der Waals surface area contributed by atoms with Crippen LogP contribution < -0.4 is 20.1 Å². The molecule has 0 saturated carbocycles. The molecule has 0 radical (unpaired) electrons. The van der Waals surface area contributed by atoms with E-state index in [4.69, 9.17) is 21.1 Å². The Hall–Kier alpha value is -2.51. The summed E-state index contributed by atoms with van der Waals surface area (Å²) < 4.78 is 12.1. The molecule has 1 fully saturated rings. The summed E-state index contributed by atoms with van der Waals surface area (Å²) in [6.07, 6.45) is 1.51. The van der Waals surface area contributed by atoms with Gasteiger partial charge < -0.3 is 14.8 Å². The van der Waals surface area contributed by atoms with Crippen LogP contribution >= 0.6 is 27.5 Å². The Bertz CT molecular complexity index is 897. The van der Waals surface area contributed by atoms with Crippen LogP contribution in [-0.4, -0.2) is 19.0 Å². The van der Waals surface area contributed by atoms with Crippen molar-refractivity contribution in [2.24, 2.45) is 0 Å². The van der Waals surface area contributed by atoms with Gasteiger partial charge in [0.25, 0.3) is 5.91 Å². The molecule has 0 atom stereocenters. The summed E-state index contributed by atoms with van der Waals surface area (Å²) in [4.78, 5) is 22.8. The molecule has 1 heterocycles. The summed E-state index contributed by atoms with van der Waals surface area (Å²) >= 11 is 9.71. The highest BCUT2D eigenvalue weighted by Gasteiger charge is 2.23. The normalized spacial score (nSPS) is 15.0. The molecular weight excluding hydrogens is 424 g/mol. The summed E-state index contributed by atoms with van der Waals surface area (Å²) in [6, 6.07) is 10.5. The number of carbonyl (C=O) groups excluding carboxylic acids is 2. The molecule has 0 unspecified atom stereocenters. The lowest BCUT2D eigenvalue weighted by molar-refractivity contribution is -0.115. The predicted octanol–water partition coefficient (Wildman–Crippen LogP) is 3.87. The van der Waals surface area contributed by atoms with E-state index in [1.54, 1.807) is 12.1 Å². The van der Waals surface area contributed by atoms with Gasteiger partial charge in [-0.2, -0.15) is 0 Å². The Morgan fingerprint density at radius 2 is 1.88 bits per heavy atom. The molecule has 1 aliphatic rings. The largest absolute Gasteiger partial charge is 0.493 e. The van der Waals surface area contributed by atoms with Crippen molar-refractivity contribution in [1.29, 1.82) is 0 Å². The molecule has 2 aromatic rings. The van der Waals surface area contributed by atoms with Gasteiger partial charge in [0.1, 0.15) is 12.3 Å². The number of halogens is 2. The maximum atomic E-state index is 11.6. The second-order valence-electron chi connectivity index (χ2n) is 5.42. The van der Waals surface area contributed by atoms with Gasteiger partial charge in [0.05, 0.1) is 12.1 Å². The van der Waals surface area contributed by atoms with Gasteiger partial charge in [0.2, 0.25) is 0 Å². The van der Waals surface area contributed by atoms with Crippen molar-refractivity contribution in [1.82, 2.24) is 10.6 Å². The number of ether oxygens (including phenoxy) is 2. The van der Waals surface area contributed by atoms with E-state index in [0.29, 0.717) is 28.7 Å². The van der Waals surface area contributed by atoms with Crippen LogP contribution in [0.2, 0.25) is 5.02 Å². The van der Waals surface area contributed by atoms with Gasteiger partial charge in [-0.1, -0.05) is 39.7 Å². The van der Waals surface area contributed by atoms with Crippen molar-refractivity contribution in [2.45, 2.75) is 6.61 Å². The van der Waals surface area contributed by atoms with Crippen LogP contribution in [0, 0.1) is 0 Å². The second kappa shape index (κ2) is 7.80. The van der Waals surface area contributed by atoms with Gasteiger partial charge in [0, 0.05) is 4.47 Å². The van der Waals surface area contributed by atoms with E-state index in [0.717, 1.165) is 10.0 Å². The average Bonchev–Trinajstić information content (AvgIpc) is 2.92. The minimum Gasteiger partial charge on any atom is -0.493 e. The summed E-state index contributed by atoms with van der Waals surface area (Å²) in [5.41, 5.74) is 1.70. The number of imide groups is 1. The van der Waals surface area contributed by atoms with Gasteiger partial charge in [-0.3, -0.25) is 10.1 Å². The standard InChI is InChI=1S/C18H14BrClN2O4/c1-25-15-8-11(7-14-17(23)22-18(24)21-14)6-13(20)16(15)26-9-10-2-4-12(19)5-3-10/h2-8H,9H2,1H3,(H2,21,22,23,24)/b14-7-. The van der Waals surface area contributed by atoms with Crippen LogP contribution in [0.4, 0.5) is 4.79 Å². The fraction of sp³-hybridized carbons (Fsp3) is 0.111. The third-order valence-corrected chi connectivity index (χ3v) is 4.39. The molecule has 0 aliphatic carbocycles. The van der Waals surface area contributed by atoms with E-state index in [2.05, 4.69) is 26.6 Å². The van der Waals surface area contributed by atoms with Crippen molar-refractivity contribution >= 4 is 45.5 Å². The van der Waals surface area contributed by atoms with E-state index >= 15 is 0 Å². The van der Waals surface area contributed by atoms with Crippen molar-refractivity contribution in [2.75, 3.05) is 7.11 Å². The zero-order valence-corrected chi connectivity index (χ0v) is 16.0. The number of hydrogen-bond donors (Lipinski definition) is 2. The number of urea groups is 1. The number of methoxy groups -OCH3 is 1. The molecule has 1 saturated heterocycles. The molecule has 1 aliphatic heterocycles. The van der Waals surface area contributed by atoms with Crippen LogP contribution in [0.25, 0.3) is 6.08 Å². The fourth-order valence-electron chi connectivity index (χ4n) is 2.35. The molecule has 3 amide bonds. The van der Waals surface area contributed by atoms with Crippen molar-refractivity contribution in [3.63, 3.8) is 0 Å². The molecule has 26 heavy (non-hydrogen) atoms. The van der Waals surface area contributed by atoms with Gasteiger partial charge in [-0.15, -0.1) is 0 Å². The molecule has 0 bridgehead atoms. The Morgan fingerprint density at radius 3 is 2.50 bits per heavy atom. The SMILES string of the molecule is COc1cc(/C=C2\NC(=O)NC2=O)cc(Cl)c1OCc1ccc(Br)cc1. The highest BCUT2D eigenvalue weighted by Crippen LogP contribution is 2.37. The van der Waals surface area contributed by atoms with E-state index in [1.165, 1.54) is 13.2 Å². The third-order valence-electron chi connectivity index (χ3n) is 3.58. The molecule has 8 heteroatoms. The summed E-state index contributed by atoms with van der Waals surface area (Å²) in [6.45, 7) is 0.322. The Kier molecular flexibility index (Phi) is 5.49. The average molecular weight is 438 g/mol. The maximum Gasteiger partial charge on any atom is 0.326 e. The number of carbonyl (C=O) groups is 2. The van der Waals surface area contributed by atoms with Crippen molar-refractivity contribution in [3.05, 3.63) is 62.7 Å². The first-order valence-corrected chi connectivity index (χ1v) is 8.72. The number of benzene rings is 2. The quantitative estimate of drug-likeness (QED) is 0.550. The first-order valence-electron chi connectivity index (χ1n) is 7.55. The maximum absolute atomic E-state index is 11.6. The number of amides is 3. The Balaban J connectivity index is 1.83. The lowest BCUT2D eigenvalue weighted by Crippen LogP contribution is -2.22. The van der Waals surface area contributed by atoms with Gasteiger partial charge in [-0.05, 0) is 41.5 Å². The summed E-state index contributed by atoms with van der Waals surface area (Å²) in [5.74, 6) is 0.325. The lowest BCUT2D eigenvalue weighted by Gasteiger charge is -2.13. The molecule has 134 valence electrons. The van der Waals surface area contributed by atoms with E-state index in [9.17, 15) is 9.59 Å². The zero-order chi connectivity index (χ0) is 18.7. The molecule has 3 rings (SSSR count). The highest BCUT2D eigenvalue weighted by atomic mass is 79.9. The molecule has 2 N–H and O–H groups in total. The first kappa shape index (κ1) is 18.3. The topological polar surface area (TPSA) is 76.7 Å². The zero-order valence-electron chi connectivity index (χ0n) is 13.6. The highest BCUT2D eigenvalue weighted by molar-refractivity contribution is 9.10. The van der Waals surface area contributed by atoms with Crippen LogP contribution in [0.1, 0.15) is 11.1 Å². The molecule has 2 aromatic carbocycles. The first-order chi connectivity index (χ1) is 12.5. The third kappa shape index (κ3) is 4.17. The fourth-order valence-corrected chi connectivity index (χ4v) is 2.89. The van der Waals surface area contributed by atoms with Crippen LogP contribution in [0.3, 0.4) is 0 Å². The minimum atomic E-state index is -0.561. The van der Waals surface area contributed by atoms with Crippen LogP contribution in [0.5, 0.6) is 11.5 Å². The Labute approximate surface area is 163 Å². The van der Waals surface area contributed by atoms with Gasteiger partial charge >= 0.3 is 6.03 Å². The van der Waals surface area contributed by atoms with Crippen molar-refractivity contribution < 1.29 is 19.1 Å². The van der Waals surface area contributed by atoms with Crippen molar-refractivity contribution in [3.8, 4) is 11.5 Å². The smallest absolute Gasteiger partial charge is 0.326 e. The number of nitrogens with one attached hydrogen (secondary N) is 2. The Morgan fingerprint density at radius 1 is 1.15 bits per heavy atom. The van der Waals surface area contributed by atoms with E-state index in [-0.39, 0.29) is 5.70 Å². The number of rotatable bonds is 5. The molecule has 0 spiro atoms. The molecular formula is C18H14BrClN2O4. The van der Waals surface area contributed by atoms with E-state index < -0.39 is 11.9 Å². The minimum absolute atomic E-state index is 0.136. The molecule has 0 aromatic heterocycles. The van der Waals surface area contributed by atoms with Crippen LogP contribution in [-0.2, 0) is 11.4 Å². The van der Waals surface area contributed by atoms with Crippen LogP contribution in [0.15, 0.2) is 46.6 Å². The predicted molar refractivity (Wildman–Crippen MR) is 101 cm³/mol. The van der Waals surface area contributed by atoms with Gasteiger partial charge in [0.15, 0.2) is 11.5 Å². The lowest BCUT2D eigenvalue weighted by atomic mass is 10.1. The summed E-state index contributed by atoms with van der Waals surface area (Å²) in [5, 5.41) is 4.88.